The van der Waals surface area contributed by atoms with Crippen molar-refractivity contribution >= 4 is 17.5 Å². The Kier molecular flexibility index (Phi) is 9.44. The SMILES string of the molecule is O=C([O-])CN=C([O-])c1c(=O)cc(CCc2ccccc2)n2[nH]cnc12.[Na+].[Na+]. The van der Waals surface area contributed by atoms with E-state index in [2.05, 4.69) is 15.1 Å². The van der Waals surface area contributed by atoms with Crippen molar-refractivity contribution in [2.45, 2.75) is 12.8 Å². The zero-order chi connectivity index (χ0) is 17.8. The Hall–Kier alpha value is -1.42. The molecule has 0 amide bonds. The zero-order valence-corrected chi connectivity index (χ0v) is 19.1. The van der Waals surface area contributed by atoms with Crippen molar-refractivity contribution in [2.24, 2.45) is 4.99 Å². The van der Waals surface area contributed by atoms with Gasteiger partial charge in [0, 0.05) is 11.8 Å². The Morgan fingerprint density at radius 1 is 1.15 bits per heavy atom. The number of rotatable bonds is 6. The van der Waals surface area contributed by atoms with E-state index in [4.69, 9.17) is 0 Å². The average Bonchev–Trinajstić information content (AvgIpc) is 3.08. The van der Waals surface area contributed by atoms with E-state index in [-0.39, 0.29) is 70.3 Å². The van der Waals surface area contributed by atoms with Gasteiger partial charge in [0.2, 0.25) is 0 Å². The second kappa shape index (κ2) is 10.8. The number of aryl methyl sites for hydroxylation is 2. The first-order valence-electron chi connectivity index (χ1n) is 7.60. The zero-order valence-electron chi connectivity index (χ0n) is 15.1. The van der Waals surface area contributed by atoms with Crippen LogP contribution in [0.15, 0.2) is 52.5 Å². The van der Waals surface area contributed by atoms with Crippen LogP contribution in [0, 0.1) is 0 Å². The van der Waals surface area contributed by atoms with Gasteiger partial charge in [-0.1, -0.05) is 30.3 Å². The third-order valence-electron chi connectivity index (χ3n) is 3.72. The molecule has 0 atom stereocenters. The van der Waals surface area contributed by atoms with E-state index in [1.807, 2.05) is 30.3 Å². The summed E-state index contributed by atoms with van der Waals surface area (Å²) in [6.07, 6.45) is 2.63. The van der Waals surface area contributed by atoms with Gasteiger partial charge >= 0.3 is 59.1 Å². The predicted octanol–water partition coefficient (Wildman–Crippen LogP) is -7.33. The van der Waals surface area contributed by atoms with Crippen LogP contribution in [0.2, 0.25) is 0 Å². The fourth-order valence-corrected chi connectivity index (χ4v) is 2.58. The summed E-state index contributed by atoms with van der Waals surface area (Å²) in [5.41, 5.74) is 1.11. The van der Waals surface area contributed by atoms with Gasteiger partial charge in [-0.05, 0) is 24.3 Å². The molecule has 27 heavy (non-hydrogen) atoms. The van der Waals surface area contributed by atoms with Crippen molar-refractivity contribution in [3.8, 4) is 0 Å². The quantitative estimate of drug-likeness (QED) is 0.257. The number of H-pyrrole nitrogens is 1. The summed E-state index contributed by atoms with van der Waals surface area (Å²) in [5.74, 6) is -2.42. The molecule has 0 radical (unpaired) electrons. The summed E-state index contributed by atoms with van der Waals surface area (Å²) in [4.78, 5) is 30.1. The number of nitrogens with zero attached hydrogens (tertiary/aromatic N) is 3. The number of aliphatic imine (C=N–C) groups is 1. The number of hydrogen-bond acceptors (Lipinski definition) is 6. The van der Waals surface area contributed by atoms with Crippen LogP contribution in [0.5, 0.6) is 0 Å². The predicted molar refractivity (Wildman–Crippen MR) is 86.1 cm³/mol. The third-order valence-corrected chi connectivity index (χ3v) is 3.72. The van der Waals surface area contributed by atoms with E-state index >= 15 is 0 Å². The molecule has 1 aromatic carbocycles. The molecule has 0 bridgehead atoms. The Morgan fingerprint density at radius 2 is 1.85 bits per heavy atom. The largest absolute Gasteiger partial charge is 1.00 e. The molecule has 0 fully saturated rings. The molecule has 2 aromatic heterocycles. The van der Waals surface area contributed by atoms with Crippen molar-refractivity contribution in [1.82, 2.24) is 14.6 Å². The molecule has 0 saturated heterocycles. The Bertz CT molecular complexity index is 999. The molecule has 0 aliphatic heterocycles. The van der Waals surface area contributed by atoms with Crippen molar-refractivity contribution in [1.29, 1.82) is 0 Å². The van der Waals surface area contributed by atoms with Crippen LogP contribution in [0.4, 0.5) is 0 Å². The molecule has 1 N–H and O–H groups in total. The minimum Gasteiger partial charge on any atom is -0.858 e. The first kappa shape index (κ1) is 23.6. The molecule has 0 saturated carbocycles. The van der Waals surface area contributed by atoms with E-state index in [1.165, 1.54) is 16.9 Å². The summed E-state index contributed by atoms with van der Waals surface area (Å²) in [6.45, 7) is -0.801. The number of benzene rings is 1. The van der Waals surface area contributed by atoms with E-state index < -0.39 is 23.8 Å². The number of carboxylic acid groups (broad SMARTS) is 1. The number of pyridine rings is 1. The second-order valence-corrected chi connectivity index (χ2v) is 5.40. The van der Waals surface area contributed by atoms with Crippen molar-refractivity contribution in [3.63, 3.8) is 0 Å². The minimum atomic E-state index is -1.49. The molecule has 8 nitrogen and oxygen atoms in total. The van der Waals surface area contributed by atoms with Crippen LogP contribution in [0.1, 0.15) is 16.8 Å². The van der Waals surface area contributed by atoms with Crippen LogP contribution in [-0.2, 0) is 17.6 Å². The number of fused-ring (bicyclic) bond motifs is 1. The number of nitrogens with one attached hydrogen (secondary N) is 1. The number of carboxylic acids is 1. The molecule has 3 rings (SSSR count). The molecule has 3 aromatic rings. The fraction of sp³-hybridized carbons (Fsp3) is 0.176. The standard InChI is InChI=1S/C17H16N4O4.2Na/c22-13-8-12(7-6-11-4-2-1-3-5-11)21-16(19-10-20-21)15(13)17(25)18-9-14(23)24;;/h1-5,8,10H,6-7,9H2,(H,18,25)(H,19,20)(H,23,24);;/q;2*+1/p-2. The maximum Gasteiger partial charge on any atom is 1.00 e. The fourth-order valence-electron chi connectivity index (χ4n) is 2.58. The molecule has 0 unspecified atom stereocenters. The average molecular weight is 384 g/mol. The van der Waals surface area contributed by atoms with Gasteiger partial charge in [-0.3, -0.25) is 14.9 Å². The molecular weight excluding hydrogens is 370 g/mol. The van der Waals surface area contributed by atoms with Crippen LogP contribution < -0.4 is 74.8 Å². The first-order valence-corrected chi connectivity index (χ1v) is 7.60. The summed E-state index contributed by atoms with van der Waals surface area (Å²) >= 11 is 0. The van der Waals surface area contributed by atoms with Gasteiger partial charge in [-0.15, -0.1) is 0 Å². The normalized spacial score (nSPS) is 10.9. The van der Waals surface area contributed by atoms with E-state index in [0.717, 1.165) is 5.56 Å². The topological polar surface area (TPSA) is 126 Å². The van der Waals surface area contributed by atoms with Crippen LogP contribution >= 0.6 is 0 Å². The second-order valence-electron chi connectivity index (χ2n) is 5.40. The third kappa shape index (κ3) is 5.78. The number of hydrogen-bond donors (Lipinski definition) is 1. The Labute approximate surface area is 198 Å². The van der Waals surface area contributed by atoms with E-state index in [9.17, 15) is 19.8 Å². The summed E-state index contributed by atoms with van der Waals surface area (Å²) in [5, 5.41) is 25.3. The van der Waals surface area contributed by atoms with E-state index in [1.54, 1.807) is 0 Å². The number of aromatic amines is 1. The van der Waals surface area contributed by atoms with Gasteiger partial charge in [0.1, 0.15) is 6.33 Å². The van der Waals surface area contributed by atoms with E-state index in [0.29, 0.717) is 18.5 Å². The number of carbonyl (C=O) groups excluding carboxylic acids is 1. The molecule has 0 spiro atoms. The molecule has 128 valence electrons. The first-order chi connectivity index (χ1) is 12.1. The minimum absolute atomic E-state index is 0. The van der Waals surface area contributed by atoms with Crippen LogP contribution in [0.25, 0.3) is 5.65 Å². The van der Waals surface area contributed by atoms with Crippen LogP contribution in [0.3, 0.4) is 0 Å². The van der Waals surface area contributed by atoms with Gasteiger partial charge in [0.25, 0.3) is 0 Å². The van der Waals surface area contributed by atoms with Crippen molar-refractivity contribution in [2.75, 3.05) is 6.54 Å². The van der Waals surface area contributed by atoms with Gasteiger partial charge in [-0.25, -0.2) is 9.50 Å². The van der Waals surface area contributed by atoms with Gasteiger partial charge < -0.3 is 15.0 Å². The van der Waals surface area contributed by atoms with Gasteiger partial charge in [0.15, 0.2) is 11.1 Å². The summed E-state index contributed by atoms with van der Waals surface area (Å²) in [7, 11) is 0. The monoisotopic (exact) mass is 384 g/mol. The maximum atomic E-state index is 12.3. The van der Waals surface area contributed by atoms with Crippen molar-refractivity contribution < 1.29 is 74.1 Å². The number of aliphatic carboxylic acids is 1. The van der Waals surface area contributed by atoms with Gasteiger partial charge in [-0.2, -0.15) is 0 Å². The maximum absolute atomic E-state index is 12.3. The molecule has 0 aliphatic carbocycles. The molecule has 0 aliphatic rings. The van der Waals surface area contributed by atoms with Crippen molar-refractivity contribution in [3.05, 3.63) is 69.8 Å². The summed E-state index contributed by atoms with van der Waals surface area (Å²) in [6, 6.07) is 11.1. The summed E-state index contributed by atoms with van der Waals surface area (Å²) < 4.78 is 1.53. The molecule has 10 heteroatoms. The van der Waals surface area contributed by atoms with Gasteiger partial charge in [0.05, 0.1) is 18.1 Å². The molecular formula is C17H14N4Na2O4. The Balaban J connectivity index is 0.00000182. The number of carbonyl (C=O) groups is 1. The Morgan fingerprint density at radius 3 is 2.52 bits per heavy atom. The smallest absolute Gasteiger partial charge is 0.858 e. The van der Waals surface area contributed by atoms with Crippen LogP contribution in [-0.4, -0.2) is 33.0 Å². The molecule has 2 heterocycles. The number of aromatic nitrogens is 3.